The molecule has 0 unspecified atom stereocenters. The van der Waals surface area contributed by atoms with Crippen molar-refractivity contribution in [3.8, 4) is 5.75 Å². The number of phenolic OH excluding ortho intramolecular Hbond substituents is 1. The Labute approximate surface area is 118 Å². The fourth-order valence-electron chi connectivity index (χ4n) is 2.28. The van der Waals surface area contributed by atoms with Crippen molar-refractivity contribution in [2.75, 3.05) is 0 Å². The van der Waals surface area contributed by atoms with Crippen LogP contribution in [0.15, 0.2) is 29.8 Å². The molecule has 0 saturated carbocycles. The summed E-state index contributed by atoms with van der Waals surface area (Å²) in [5.74, 6) is 0.394. The van der Waals surface area contributed by atoms with Crippen molar-refractivity contribution in [3.63, 3.8) is 0 Å². The minimum Gasteiger partial charge on any atom is -0.507 e. The first kappa shape index (κ1) is 15.8. The first-order chi connectivity index (χ1) is 9.27. The number of allylic oxidation sites excluding steroid dienone is 1. The Kier molecular flexibility index (Phi) is 8.04. The lowest BCUT2D eigenvalue weighted by atomic mass is 9.99. The summed E-state index contributed by atoms with van der Waals surface area (Å²) >= 11 is 0. The number of para-hydroxylation sites is 1. The molecule has 0 bridgehead atoms. The molecule has 0 amide bonds. The number of rotatable bonds is 9. The van der Waals surface area contributed by atoms with Crippen molar-refractivity contribution in [2.45, 2.75) is 65.2 Å². The van der Waals surface area contributed by atoms with Gasteiger partial charge in [0.15, 0.2) is 0 Å². The van der Waals surface area contributed by atoms with E-state index in [1.165, 1.54) is 50.5 Å². The third-order valence-electron chi connectivity index (χ3n) is 3.50. The van der Waals surface area contributed by atoms with Crippen LogP contribution in [0.3, 0.4) is 0 Å². The summed E-state index contributed by atoms with van der Waals surface area (Å²) < 4.78 is 0. The fourth-order valence-corrected chi connectivity index (χ4v) is 2.28. The standard InChI is InChI=1S/C18H28O/c1-3-5-7-8-12-16(11-6-4-2)15-17-13-9-10-14-18(17)19/h9-10,13-15,19H,3-8,11-12H2,1-2H3. The van der Waals surface area contributed by atoms with Crippen molar-refractivity contribution in [2.24, 2.45) is 0 Å². The molecule has 1 N–H and O–H groups in total. The van der Waals surface area contributed by atoms with Crippen LogP contribution in [0.4, 0.5) is 0 Å². The van der Waals surface area contributed by atoms with Gasteiger partial charge in [0, 0.05) is 5.56 Å². The zero-order chi connectivity index (χ0) is 13.9. The Hall–Kier alpha value is -1.24. The van der Waals surface area contributed by atoms with Crippen molar-refractivity contribution in [1.82, 2.24) is 0 Å². The van der Waals surface area contributed by atoms with Gasteiger partial charge in [-0.1, -0.05) is 69.4 Å². The van der Waals surface area contributed by atoms with E-state index in [1.807, 2.05) is 18.2 Å². The number of hydrogen-bond donors (Lipinski definition) is 1. The molecule has 0 saturated heterocycles. The van der Waals surface area contributed by atoms with Crippen LogP contribution in [-0.4, -0.2) is 5.11 Å². The highest BCUT2D eigenvalue weighted by Crippen LogP contribution is 2.24. The maximum atomic E-state index is 9.85. The van der Waals surface area contributed by atoms with Crippen molar-refractivity contribution < 1.29 is 5.11 Å². The second-order valence-corrected chi connectivity index (χ2v) is 5.28. The van der Waals surface area contributed by atoms with Gasteiger partial charge in [-0.15, -0.1) is 0 Å². The predicted molar refractivity (Wildman–Crippen MR) is 84.4 cm³/mol. The largest absolute Gasteiger partial charge is 0.507 e. The zero-order valence-corrected chi connectivity index (χ0v) is 12.5. The van der Waals surface area contributed by atoms with Crippen molar-refractivity contribution in [1.29, 1.82) is 0 Å². The molecule has 1 aromatic rings. The maximum absolute atomic E-state index is 9.85. The Morgan fingerprint density at radius 1 is 0.947 bits per heavy atom. The summed E-state index contributed by atoms with van der Waals surface area (Å²) in [6.07, 6.45) is 12.2. The lowest BCUT2D eigenvalue weighted by Crippen LogP contribution is -1.87. The second kappa shape index (κ2) is 9.66. The van der Waals surface area contributed by atoms with Gasteiger partial charge in [0.1, 0.15) is 5.75 Å². The topological polar surface area (TPSA) is 20.2 Å². The van der Waals surface area contributed by atoms with E-state index in [1.54, 1.807) is 6.07 Å². The van der Waals surface area contributed by atoms with Crippen LogP contribution in [0.5, 0.6) is 5.75 Å². The van der Waals surface area contributed by atoms with Crippen LogP contribution in [0, 0.1) is 0 Å². The first-order valence-corrected chi connectivity index (χ1v) is 7.75. The molecule has 0 atom stereocenters. The van der Waals surface area contributed by atoms with Gasteiger partial charge in [0.2, 0.25) is 0 Å². The van der Waals surface area contributed by atoms with Gasteiger partial charge in [-0.3, -0.25) is 0 Å². The molecule has 0 radical (unpaired) electrons. The Bertz CT molecular complexity index is 379. The van der Waals surface area contributed by atoms with E-state index in [0.717, 1.165) is 12.0 Å². The molecule has 1 aromatic carbocycles. The summed E-state index contributed by atoms with van der Waals surface area (Å²) in [7, 11) is 0. The van der Waals surface area contributed by atoms with Gasteiger partial charge in [0.25, 0.3) is 0 Å². The third-order valence-corrected chi connectivity index (χ3v) is 3.50. The van der Waals surface area contributed by atoms with E-state index in [-0.39, 0.29) is 0 Å². The molecule has 0 fully saturated rings. The minimum absolute atomic E-state index is 0.394. The molecule has 0 aliphatic carbocycles. The number of phenols is 1. The zero-order valence-electron chi connectivity index (χ0n) is 12.5. The van der Waals surface area contributed by atoms with E-state index in [2.05, 4.69) is 19.9 Å². The molecule has 106 valence electrons. The first-order valence-electron chi connectivity index (χ1n) is 7.75. The number of hydrogen-bond acceptors (Lipinski definition) is 1. The normalized spacial score (nSPS) is 11.8. The van der Waals surface area contributed by atoms with Crippen LogP contribution < -0.4 is 0 Å². The molecule has 0 aliphatic heterocycles. The Balaban J connectivity index is 2.64. The van der Waals surface area contributed by atoms with Gasteiger partial charge in [0.05, 0.1) is 0 Å². The molecule has 0 heterocycles. The lowest BCUT2D eigenvalue weighted by Gasteiger charge is -2.08. The van der Waals surface area contributed by atoms with Gasteiger partial charge in [-0.2, -0.15) is 0 Å². The third kappa shape index (κ3) is 6.47. The Morgan fingerprint density at radius 2 is 1.63 bits per heavy atom. The highest BCUT2D eigenvalue weighted by atomic mass is 16.3. The van der Waals surface area contributed by atoms with Crippen LogP contribution in [-0.2, 0) is 0 Å². The van der Waals surface area contributed by atoms with Crippen LogP contribution in [0.1, 0.15) is 70.8 Å². The van der Waals surface area contributed by atoms with Gasteiger partial charge in [-0.05, 0) is 31.7 Å². The van der Waals surface area contributed by atoms with Crippen LogP contribution in [0.25, 0.3) is 6.08 Å². The van der Waals surface area contributed by atoms with E-state index in [4.69, 9.17) is 0 Å². The van der Waals surface area contributed by atoms with Crippen LogP contribution >= 0.6 is 0 Å². The van der Waals surface area contributed by atoms with Crippen LogP contribution in [0.2, 0.25) is 0 Å². The fraction of sp³-hybridized carbons (Fsp3) is 0.556. The summed E-state index contributed by atoms with van der Waals surface area (Å²) in [4.78, 5) is 0. The van der Waals surface area contributed by atoms with E-state index >= 15 is 0 Å². The van der Waals surface area contributed by atoms with Gasteiger partial charge < -0.3 is 5.11 Å². The summed E-state index contributed by atoms with van der Waals surface area (Å²) in [5, 5.41) is 9.85. The molecular weight excluding hydrogens is 232 g/mol. The minimum atomic E-state index is 0.394. The molecule has 0 aromatic heterocycles. The SMILES string of the molecule is CCCCCCC(=Cc1ccccc1O)CCCC. The number of aromatic hydroxyl groups is 1. The second-order valence-electron chi connectivity index (χ2n) is 5.28. The molecule has 1 rings (SSSR count). The average molecular weight is 260 g/mol. The van der Waals surface area contributed by atoms with Gasteiger partial charge in [-0.25, -0.2) is 0 Å². The number of benzene rings is 1. The van der Waals surface area contributed by atoms with E-state index in [0.29, 0.717) is 5.75 Å². The van der Waals surface area contributed by atoms with E-state index in [9.17, 15) is 5.11 Å². The average Bonchev–Trinajstić information content (AvgIpc) is 2.43. The maximum Gasteiger partial charge on any atom is 0.122 e. The number of unbranched alkanes of at least 4 members (excludes halogenated alkanes) is 4. The predicted octanol–water partition coefficient (Wildman–Crippen LogP) is 5.94. The van der Waals surface area contributed by atoms with Crippen molar-refractivity contribution >= 4 is 6.08 Å². The summed E-state index contributed by atoms with van der Waals surface area (Å²) in [5.41, 5.74) is 2.45. The molecule has 0 aliphatic rings. The summed E-state index contributed by atoms with van der Waals surface area (Å²) in [6, 6.07) is 7.62. The smallest absolute Gasteiger partial charge is 0.122 e. The monoisotopic (exact) mass is 260 g/mol. The van der Waals surface area contributed by atoms with E-state index < -0.39 is 0 Å². The highest BCUT2D eigenvalue weighted by Gasteiger charge is 2.01. The van der Waals surface area contributed by atoms with Crippen molar-refractivity contribution in [3.05, 3.63) is 35.4 Å². The lowest BCUT2D eigenvalue weighted by molar-refractivity contribution is 0.474. The molecule has 1 heteroatoms. The Morgan fingerprint density at radius 3 is 2.32 bits per heavy atom. The summed E-state index contributed by atoms with van der Waals surface area (Å²) in [6.45, 7) is 4.48. The molecular formula is C18H28O. The molecule has 0 spiro atoms. The molecule has 1 nitrogen and oxygen atoms in total. The van der Waals surface area contributed by atoms with Gasteiger partial charge >= 0.3 is 0 Å². The highest BCUT2D eigenvalue weighted by molar-refractivity contribution is 5.59. The molecule has 19 heavy (non-hydrogen) atoms. The quantitative estimate of drug-likeness (QED) is 0.545.